The van der Waals surface area contributed by atoms with Gasteiger partial charge in [-0.05, 0) is 61.1 Å². The maximum absolute atomic E-state index is 14.5. The molecule has 0 radical (unpaired) electrons. The Labute approximate surface area is 407 Å². The van der Waals surface area contributed by atoms with Crippen molar-refractivity contribution in [3.8, 4) is 5.75 Å². The molecule has 2 aliphatic heterocycles. The van der Waals surface area contributed by atoms with Crippen LogP contribution in [-0.4, -0.2) is 163 Å². The minimum Gasteiger partial charge on any atom is -0.508 e. The number of aromatic hydroxyl groups is 1. The van der Waals surface area contributed by atoms with Crippen LogP contribution in [0.25, 0.3) is 0 Å². The molecular weight excluding hydrogens is 911 g/mol. The number of hydrogen-bond donors (Lipinski definition) is 11. The Morgan fingerprint density at radius 1 is 0.729 bits per heavy atom. The molecule has 0 saturated carbocycles. The number of aliphatic hydroxyl groups excluding tert-OH is 1. The van der Waals surface area contributed by atoms with Gasteiger partial charge in [-0.25, -0.2) is 9.78 Å². The predicted molar refractivity (Wildman–Crippen MR) is 253 cm³/mol. The number of phenols is 1. The number of benzene rings is 1. The number of nitrogens with zero attached hydrogens (tertiary/aromatic N) is 3. The number of carboxylic acid groups (broad SMARTS) is 1. The molecule has 2 aromatic rings. The first-order valence-corrected chi connectivity index (χ1v) is 23.9. The quantitative estimate of drug-likeness (QED) is 0.0544. The fraction of sp³-hybridized carbons (Fsp3) is 0.617. The van der Waals surface area contributed by atoms with Crippen LogP contribution in [0, 0.1) is 17.8 Å². The lowest BCUT2D eigenvalue weighted by Crippen LogP contribution is -2.61. The molecule has 70 heavy (non-hydrogen) atoms. The molecule has 1 aromatic carbocycles. The van der Waals surface area contributed by atoms with Crippen molar-refractivity contribution >= 4 is 53.2 Å². The van der Waals surface area contributed by atoms with Crippen molar-refractivity contribution in [2.75, 3.05) is 26.2 Å². The largest absolute Gasteiger partial charge is 0.508 e. The number of carbonyl (C=O) groups excluding carboxylic acids is 8. The first-order valence-electron chi connectivity index (χ1n) is 23.9. The van der Waals surface area contributed by atoms with Crippen molar-refractivity contribution in [1.82, 2.24) is 51.7 Å². The second-order valence-corrected chi connectivity index (χ2v) is 18.5. The van der Waals surface area contributed by atoms with E-state index in [-0.39, 0.29) is 50.4 Å². The summed E-state index contributed by atoms with van der Waals surface area (Å²) in [6.45, 7) is 9.69. The fourth-order valence-electron chi connectivity index (χ4n) is 8.42. The average Bonchev–Trinajstić information content (AvgIpc) is 4.16. The van der Waals surface area contributed by atoms with Crippen LogP contribution in [-0.2, 0) is 56.0 Å². The minimum atomic E-state index is -1.34. The van der Waals surface area contributed by atoms with E-state index in [1.165, 1.54) is 46.6 Å². The molecule has 12 N–H and O–H groups in total. The molecule has 0 aliphatic carbocycles. The molecule has 8 amide bonds. The number of hydrogen-bond acceptors (Lipinski definition) is 13. The van der Waals surface area contributed by atoms with Gasteiger partial charge >= 0.3 is 5.97 Å². The number of aromatic amines is 1. The maximum atomic E-state index is 14.5. The SMILES string of the molecule is CC[C@H](C)[C@H](NC(=O)[C@@H]1CCCN1C(=O)[C@H](Cc1cnc[nH]1)NC(=O)[C@@H](NC(=O)[C@@H]1CCCN1C(=O)[C@@H](NC(=O)[C@@H](N)CO)[C@@H](C)CC)C(C)C)C(=O)NCC(=O)N[C@@H](Cc1ccc(O)cc1)C(=O)O. The highest BCUT2D eigenvalue weighted by Gasteiger charge is 2.43. The van der Waals surface area contributed by atoms with Crippen LogP contribution in [0.15, 0.2) is 36.8 Å². The molecule has 0 bridgehead atoms. The van der Waals surface area contributed by atoms with Gasteiger partial charge in [0, 0.05) is 37.8 Å². The number of amides is 8. The smallest absolute Gasteiger partial charge is 0.326 e. The van der Waals surface area contributed by atoms with Crippen LogP contribution in [0.5, 0.6) is 5.75 Å². The standard InChI is InChI=1S/C47H71N11O12/c1-7-26(5)38(43(65)50-22-36(61)52-33(47(69)70)19-28-13-15-30(60)16-14-28)55-42(64)34-11-9-17-57(34)45(67)32(20-29-21-49-24-51-29)53-44(66)37(25(3)4)54-41(63)35-12-10-18-58(35)46(68)39(27(6)8-2)56-40(62)31(48)23-59/h13-16,21,24-27,31-35,37-39,59-60H,7-12,17-20,22-23,48H2,1-6H3,(H,49,51)(H,50,65)(H,52,61)(H,53,66)(H,54,63)(H,55,64)(H,56,62)(H,69,70)/t26-,27-,31-,32-,33-,34-,35-,37-,38-,39-/m0/s1. The summed E-state index contributed by atoms with van der Waals surface area (Å²) in [4.78, 5) is 131. The second kappa shape index (κ2) is 26.4. The van der Waals surface area contributed by atoms with Gasteiger partial charge in [-0.2, -0.15) is 0 Å². The third-order valence-corrected chi connectivity index (χ3v) is 13.1. The number of H-pyrrole nitrogens is 1. The number of rotatable bonds is 25. The van der Waals surface area contributed by atoms with E-state index in [4.69, 9.17) is 5.73 Å². The Morgan fingerprint density at radius 2 is 1.30 bits per heavy atom. The van der Waals surface area contributed by atoms with Crippen LogP contribution in [0.2, 0.25) is 0 Å². The van der Waals surface area contributed by atoms with E-state index in [1.807, 2.05) is 6.92 Å². The summed E-state index contributed by atoms with van der Waals surface area (Å²) in [5, 5.41) is 44.5. The van der Waals surface area contributed by atoms with E-state index < -0.39 is 127 Å². The van der Waals surface area contributed by atoms with Gasteiger partial charge in [0.1, 0.15) is 54.1 Å². The molecule has 3 heterocycles. The number of nitrogens with two attached hydrogens (primary N) is 1. The third-order valence-electron chi connectivity index (χ3n) is 13.1. The zero-order valence-corrected chi connectivity index (χ0v) is 40.7. The first-order chi connectivity index (χ1) is 33.2. The lowest BCUT2D eigenvalue weighted by molar-refractivity contribution is -0.144. The Balaban J connectivity index is 1.46. The number of aliphatic hydroxyl groups is 1. The van der Waals surface area contributed by atoms with Crippen LogP contribution in [0.3, 0.4) is 0 Å². The van der Waals surface area contributed by atoms with E-state index in [9.17, 15) is 58.5 Å². The Kier molecular flexibility index (Phi) is 21.1. The molecule has 23 heteroatoms. The highest BCUT2D eigenvalue weighted by atomic mass is 16.4. The number of likely N-dealkylation sites (tertiary alicyclic amines) is 2. The topological polar surface area (TPSA) is 348 Å². The normalized spacial score (nSPS) is 19.1. The summed E-state index contributed by atoms with van der Waals surface area (Å²) >= 11 is 0. The summed E-state index contributed by atoms with van der Waals surface area (Å²) in [6.07, 6.45) is 5.08. The van der Waals surface area contributed by atoms with Gasteiger partial charge in [0.15, 0.2) is 0 Å². The van der Waals surface area contributed by atoms with Gasteiger partial charge in [-0.3, -0.25) is 38.4 Å². The van der Waals surface area contributed by atoms with Crippen LogP contribution < -0.4 is 37.6 Å². The lowest BCUT2D eigenvalue weighted by atomic mass is 9.96. The lowest BCUT2D eigenvalue weighted by Gasteiger charge is -2.33. The number of nitrogens with one attached hydrogen (secondary N) is 7. The van der Waals surface area contributed by atoms with E-state index in [0.29, 0.717) is 36.9 Å². The maximum Gasteiger partial charge on any atom is 0.326 e. The van der Waals surface area contributed by atoms with Gasteiger partial charge in [0.05, 0.1) is 19.5 Å². The highest BCUT2D eigenvalue weighted by Crippen LogP contribution is 2.24. The molecule has 10 atom stereocenters. The molecular formula is C47H71N11O12. The highest BCUT2D eigenvalue weighted by molar-refractivity contribution is 5.98. The zero-order chi connectivity index (χ0) is 51.8. The summed E-state index contributed by atoms with van der Waals surface area (Å²) < 4.78 is 0. The summed E-state index contributed by atoms with van der Waals surface area (Å²) in [5.41, 5.74) is 6.74. The van der Waals surface area contributed by atoms with Crippen molar-refractivity contribution in [3.05, 3.63) is 48.0 Å². The fourth-order valence-corrected chi connectivity index (χ4v) is 8.42. The predicted octanol–water partition coefficient (Wildman–Crippen LogP) is -1.42. The second-order valence-electron chi connectivity index (χ2n) is 18.5. The van der Waals surface area contributed by atoms with Gasteiger partial charge in [-0.1, -0.05) is 66.5 Å². The van der Waals surface area contributed by atoms with Gasteiger partial charge in [-0.15, -0.1) is 0 Å². The number of phenolic OH excluding ortho intramolecular Hbond substituents is 1. The number of imidazole rings is 1. The Morgan fingerprint density at radius 3 is 1.83 bits per heavy atom. The molecule has 2 aliphatic rings. The van der Waals surface area contributed by atoms with Crippen molar-refractivity contribution in [1.29, 1.82) is 0 Å². The van der Waals surface area contributed by atoms with Gasteiger partial charge in [0.2, 0.25) is 47.3 Å². The van der Waals surface area contributed by atoms with Crippen LogP contribution >= 0.6 is 0 Å². The molecule has 2 fully saturated rings. The minimum absolute atomic E-state index is 0.00894. The van der Waals surface area contributed by atoms with E-state index in [1.54, 1.807) is 34.6 Å². The average molecular weight is 982 g/mol. The summed E-state index contributed by atoms with van der Waals surface area (Å²) in [6, 6.07) is -3.42. The van der Waals surface area contributed by atoms with E-state index in [2.05, 4.69) is 41.9 Å². The molecule has 386 valence electrons. The van der Waals surface area contributed by atoms with Crippen LogP contribution in [0.4, 0.5) is 0 Å². The molecule has 4 rings (SSSR count). The molecule has 23 nitrogen and oxygen atoms in total. The Bertz CT molecular complexity index is 2140. The Hall–Kier alpha value is -6.62. The van der Waals surface area contributed by atoms with E-state index >= 15 is 0 Å². The van der Waals surface area contributed by atoms with Crippen molar-refractivity contribution in [2.45, 2.75) is 141 Å². The monoisotopic (exact) mass is 982 g/mol. The summed E-state index contributed by atoms with van der Waals surface area (Å²) in [5.74, 6) is -7.88. The first kappa shape index (κ1) is 56.0. The van der Waals surface area contributed by atoms with Crippen molar-refractivity contribution in [3.63, 3.8) is 0 Å². The number of aromatic nitrogens is 2. The number of carboxylic acids is 1. The zero-order valence-electron chi connectivity index (χ0n) is 40.7. The third kappa shape index (κ3) is 15.2. The van der Waals surface area contributed by atoms with Gasteiger partial charge < -0.3 is 67.7 Å². The van der Waals surface area contributed by atoms with Gasteiger partial charge in [0.25, 0.3) is 0 Å². The number of carbonyl (C=O) groups is 9. The molecule has 0 unspecified atom stereocenters. The van der Waals surface area contributed by atoms with E-state index in [0.717, 1.165) is 0 Å². The van der Waals surface area contributed by atoms with Crippen molar-refractivity contribution in [2.24, 2.45) is 23.5 Å². The summed E-state index contributed by atoms with van der Waals surface area (Å²) in [7, 11) is 0. The van der Waals surface area contributed by atoms with Crippen LogP contribution in [0.1, 0.15) is 91.3 Å². The number of aliphatic carboxylic acids is 1. The molecule has 1 aromatic heterocycles. The van der Waals surface area contributed by atoms with Crippen molar-refractivity contribution < 1.29 is 58.5 Å². The molecule has 2 saturated heterocycles. The molecule has 0 spiro atoms.